The summed E-state index contributed by atoms with van der Waals surface area (Å²) in [4.78, 5) is 78.5. The molecule has 1 aliphatic rings. The standard InChI is InChI=1S/C61H65N8O16P/c1-41(2)66(42(3)4)86(83-39-35-45-20-28-51(29-21-45)69(77)78)85-56-53(40-82-61(46-12-8-6-9-13-46,47-14-10-7-11-15-47)48-22-30-52(79-5)31-23-48)84-57(55(56)64-60(72)81-38-34-44-18-26-50(27-19-44)68(75)76)65-36-32-54(62-58(65)70)63-59(71)80-37-33-43-16-24-49(25-17-43)67(73)74/h6-32,36,41-42,53,55-57H,33-35,37-40H2,1-5H3,(H,64,72)(H,62,63,70,71)/t53-,55-,56-,57-,86?/m1/s1. The van der Waals surface area contributed by atoms with Crippen molar-refractivity contribution in [3.8, 4) is 5.75 Å². The van der Waals surface area contributed by atoms with E-state index in [9.17, 15) is 44.7 Å². The highest BCUT2D eigenvalue weighted by atomic mass is 31.2. The zero-order valence-corrected chi connectivity index (χ0v) is 48.6. The molecule has 0 spiro atoms. The molecule has 0 aliphatic carbocycles. The van der Waals surface area contributed by atoms with Crippen LogP contribution in [0.25, 0.3) is 0 Å². The number of nitrogens with one attached hydrogen (secondary N) is 2. The van der Waals surface area contributed by atoms with Gasteiger partial charge < -0.3 is 38.0 Å². The molecule has 24 nitrogen and oxygen atoms in total. The summed E-state index contributed by atoms with van der Waals surface area (Å²) in [5.41, 5.74) is 1.75. The van der Waals surface area contributed by atoms with Crippen molar-refractivity contribution in [3.63, 3.8) is 0 Å². The molecule has 8 rings (SSSR count). The molecule has 5 atom stereocenters. The Morgan fingerprint density at radius 1 is 0.651 bits per heavy atom. The minimum absolute atomic E-state index is 0.0643. The highest BCUT2D eigenvalue weighted by Gasteiger charge is 2.52. The quantitative estimate of drug-likeness (QED) is 0.0199. The number of aromatic nitrogens is 2. The number of amides is 2. The Kier molecular flexibility index (Phi) is 21.7. The number of nitro benzene ring substituents is 3. The Hall–Kier alpha value is -9.03. The summed E-state index contributed by atoms with van der Waals surface area (Å²) in [5.74, 6) is 0.420. The molecule has 6 aromatic carbocycles. The highest BCUT2D eigenvalue weighted by Crippen LogP contribution is 2.51. The first-order chi connectivity index (χ1) is 41.4. The van der Waals surface area contributed by atoms with Crippen LogP contribution < -0.4 is 21.1 Å². The third kappa shape index (κ3) is 16.0. The number of hydrogen-bond acceptors (Lipinski definition) is 18. The third-order valence-corrected chi connectivity index (χ3v) is 16.2. The first-order valence-electron chi connectivity index (χ1n) is 27.5. The maximum Gasteiger partial charge on any atom is 0.412 e. The number of ether oxygens (including phenoxy) is 5. The lowest BCUT2D eigenvalue weighted by molar-refractivity contribution is -0.385. The Morgan fingerprint density at radius 3 is 1.57 bits per heavy atom. The van der Waals surface area contributed by atoms with Crippen LogP contribution in [0.4, 0.5) is 32.5 Å². The van der Waals surface area contributed by atoms with Crippen LogP contribution in [0.15, 0.2) is 175 Å². The van der Waals surface area contributed by atoms with E-state index in [1.54, 1.807) is 43.5 Å². The van der Waals surface area contributed by atoms with Crippen molar-refractivity contribution in [1.29, 1.82) is 0 Å². The van der Waals surface area contributed by atoms with Crippen molar-refractivity contribution in [2.75, 3.05) is 38.9 Å². The van der Waals surface area contributed by atoms with Crippen molar-refractivity contribution >= 4 is 43.6 Å². The van der Waals surface area contributed by atoms with Gasteiger partial charge in [-0.3, -0.25) is 40.2 Å². The number of nitro groups is 3. The van der Waals surface area contributed by atoms with Gasteiger partial charge in [-0.1, -0.05) is 109 Å². The lowest BCUT2D eigenvalue weighted by Crippen LogP contribution is -2.50. The molecular formula is C61H65N8O16P. The van der Waals surface area contributed by atoms with Gasteiger partial charge >= 0.3 is 17.9 Å². The van der Waals surface area contributed by atoms with Crippen molar-refractivity contribution in [1.82, 2.24) is 19.5 Å². The fourth-order valence-corrected chi connectivity index (χ4v) is 11.6. The van der Waals surface area contributed by atoms with E-state index in [1.807, 2.05) is 117 Å². The number of rotatable bonds is 28. The lowest BCUT2D eigenvalue weighted by atomic mass is 9.80. The second kappa shape index (κ2) is 29.7. The molecule has 0 radical (unpaired) electrons. The summed E-state index contributed by atoms with van der Waals surface area (Å²) in [6.45, 7) is 7.44. The van der Waals surface area contributed by atoms with E-state index in [2.05, 4.69) is 15.6 Å². The molecule has 0 saturated carbocycles. The first-order valence-corrected chi connectivity index (χ1v) is 28.7. The van der Waals surface area contributed by atoms with Crippen LogP contribution in [0.2, 0.25) is 0 Å². The van der Waals surface area contributed by atoms with Gasteiger partial charge in [0.05, 0.1) is 48.3 Å². The van der Waals surface area contributed by atoms with Crippen molar-refractivity contribution < 1.29 is 57.1 Å². The number of carbonyl (C=O) groups excluding carboxylic acids is 2. The highest BCUT2D eigenvalue weighted by molar-refractivity contribution is 7.44. The van der Waals surface area contributed by atoms with Gasteiger partial charge in [-0.2, -0.15) is 4.98 Å². The van der Waals surface area contributed by atoms with E-state index < -0.39 is 71.3 Å². The van der Waals surface area contributed by atoms with Crippen LogP contribution in [-0.4, -0.2) is 105 Å². The predicted octanol–water partition coefficient (Wildman–Crippen LogP) is 11.0. The Morgan fingerprint density at radius 2 is 1.12 bits per heavy atom. The minimum atomic E-state index is -2.12. The molecule has 25 heteroatoms. The number of alkyl carbamates (subject to hydrolysis) is 1. The van der Waals surface area contributed by atoms with Gasteiger partial charge in [-0.25, -0.2) is 19.1 Å². The van der Waals surface area contributed by atoms with Crippen LogP contribution >= 0.6 is 8.53 Å². The van der Waals surface area contributed by atoms with Gasteiger partial charge in [0.25, 0.3) is 25.6 Å². The molecule has 2 N–H and O–H groups in total. The minimum Gasteiger partial charge on any atom is -0.497 e. The predicted molar refractivity (Wildman–Crippen MR) is 318 cm³/mol. The Bertz CT molecular complexity index is 3410. The summed E-state index contributed by atoms with van der Waals surface area (Å²) in [6.07, 6.45) is -3.62. The number of nitrogens with zero attached hydrogens (tertiary/aromatic N) is 6. The average molecular weight is 1200 g/mol. The third-order valence-electron chi connectivity index (χ3n) is 14.0. The van der Waals surface area contributed by atoms with Gasteiger partial charge in [0, 0.05) is 67.5 Å². The normalized spacial score (nSPS) is 16.1. The van der Waals surface area contributed by atoms with Crippen LogP contribution in [0, 0.1) is 30.3 Å². The molecule has 2 amide bonds. The summed E-state index contributed by atoms with van der Waals surface area (Å²) >= 11 is 0. The number of benzene rings is 6. The smallest absolute Gasteiger partial charge is 0.412 e. The van der Waals surface area contributed by atoms with Gasteiger partial charge in [0.15, 0.2) is 6.23 Å². The summed E-state index contributed by atoms with van der Waals surface area (Å²) in [7, 11) is -0.549. The fourth-order valence-electron chi connectivity index (χ4n) is 9.86. The zero-order valence-electron chi connectivity index (χ0n) is 47.7. The molecule has 1 saturated heterocycles. The molecule has 1 aliphatic heterocycles. The van der Waals surface area contributed by atoms with E-state index >= 15 is 0 Å². The summed E-state index contributed by atoms with van der Waals surface area (Å²) in [6, 6.07) is 44.0. The Balaban J connectivity index is 1.17. The molecule has 0 bridgehead atoms. The molecular weight excluding hydrogens is 1130 g/mol. The van der Waals surface area contributed by atoms with E-state index in [-0.39, 0.29) is 74.2 Å². The van der Waals surface area contributed by atoms with E-state index in [1.165, 1.54) is 48.7 Å². The van der Waals surface area contributed by atoms with E-state index in [0.29, 0.717) is 28.9 Å². The number of carbonyl (C=O) groups is 2. The average Bonchev–Trinajstić information content (AvgIpc) is 1.80. The van der Waals surface area contributed by atoms with Gasteiger partial charge in [0.2, 0.25) is 0 Å². The lowest BCUT2D eigenvalue weighted by Gasteiger charge is -2.39. The zero-order chi connectivity index (χ0) is 61.3. The summed E-state index contributed by atoms with van der Waals surface area (Å²) < 4.78 is 48.3. The molecule has 1 unspecified atom stereocenters. The number of hydrogen-bond donors (Lipinski definition) is 2. The first kappa shape index (κ1) is 63.0. The monoisotopic (exact) mass is 1200 g/mol. The van der Waals surface area contributed by atoms with Crippen LogP contribution in [-0.2, 0) is 52.9 Å². The van der Waals surface area contributed by atoms with Crippen molar-refractivity contribution in [2.45, 2.75) is 89.1 Å². The largest absolute Gasteiger partial charge is 0.497 e. The SMILES string of the molecule is COc1ccc(C(OC[C@H]2O[C@@H](n3ccc(NC(=O)OCCc4ccc([N+](=O)[O-])cc4)nc3=O)[C@H](NC(=O)OCCc3ccc([N+](=O)[O-])cc3)[C@@H]2OP(OCCc2ccc([N+](=O)[O-])cc2)N(C(C)C)C(C)C)(c2ccccc2)c2ccccc2)cc1. The maximum absolute atomic E-state index is 14.5. The van der Waals surface area contributed by atoms with Crippen molar-refractivity contribution in [3.05, 3.63) is 244 Å². The fraction of sp³-hybridized carbons (Fsp3) is 0.311. The van der Waals surface area contributed by atoms with Crippen LogP contribution in [0.1, 0.15) is 67.3 Å². The number of non-ortho nitro benzene ring substituents is 3. The number of methoxy groups -OCH3 is 1. The second-order valence-corrected chi connectivity index (χ2v) is 21.7. The van der Waals surface area contributed by atoms with E-state index in [4.69, 9.17) is 32.7 Å². The molecule has 1 aromatic heterocycles. The topological polar surface area (TPSA) is 290 Å². The molecule has 450 valence electrons. The van der Waals surface area contributed by atoms with E-state index in [0.717, 1.165) is 21.3 Å². The van der Waals surface area contributed by atoms with Crippen LogP contribution in [0.5, 0.6) is 5.75 Å². The molecule has 86 heavy (non-hydrogen) atoms. The molecule has 1 fully saturated rings. The van der Waals surface area contributed by atoms with Crippen LogP contribution in [0.3, 0.4) is 0 Å². The second-order valence-electron chi connectivity index (χ2n) is 20.3. The van der Waals surface area contributed by atoms with Gasteiger partial charge in [-0.15, -0.1) is 0 Å². The maximum atomic E-state index is 14.5. The van der Waals surface area contributed by atoms with Gasteiger partial charge in [-0.05, 0) is 85.7 Å². The Labute approximate surface area is 496 Å². The van der Waals surface area contributed by atoms with Gasteiger partial charge in [0.1, 0.15) is 35.4 Å². The summed E-state index contributed by atoms with van der Waals surface area (Å²) in [5, 5.41) is 39.4. The molecule has 2 heterocycles. The number of anilines is 1. The van der Waals surface area contributed by atoms with Crippen molar-refractivity contribution in [2.24, 2.45) is 0 Å². The molecule has 7 aromatic rings.